The number of aromatic nitrogens is 1. The third-order valence-electron chi connectivity index (χ3n) is 1.82. The Morgan fingerprint density at radius 3 is 2.54 bits per heavy atom. The molecule has 0 aromatic carbocycles. The van der Waals surface area contributed by atoms with Crippen LogP contribution in [-0.2, 0) is 10.2 Å². The van der Waals surface area contributed by atoms with Gasteiger partial charge in [0.2, 0.25) is 0 Å². The van der Waals surface area contributed by atoms with E-state index in [2.05, 4.69) is 9.68 Å². The van der Waals surface area contributed by atoms with E-state index >= 15 is 0 Å². The van der Waals surface area contributed by atoms with Gasteiger partial charge in [0, 0.05) is 5.92 Å². The monoisotopic (exact) mass is 225 g/mol. The molecule has 0 bridgehead atoms. The molecule has 0 atom stereocenters. The van der Waals surface area contributed by atoms with E-state index in [4.69, 9.17) is 11.6 Å². The first-order chi connectivity index (χ1) is 6.00. The molecule has 7 heteroatoms. The van der Waals surface area contributed by atoms with Crippen LogP contribution in [0.2, 0.25) is 5.02 Å². The quantitative estimate of drug-likeness (QED) is 0.721. The fourth-order valence-corrected chi connectivity index (χ4v) is 1.98. The lowest BCUT2D eigenvalue weighted by atomic mass is 10.3. The molecule has 0 unspecified atom stereocenters. The Bertz CT molecular complexity index is 437. The second kappa shape index (κ2) is 2.68. The van der Waals surface area contributed by atoms with Crippen molar-refractivity contribution in [1.29, 1.82) is 0 Å². The molecule has 4 nitrogen and oxygen atoms in total. The van der Waals surface area contributed by atoms with E-state index in [1.165, 1.54) is 0 Å². The number of rotatable bonds is 2. The minimum absolute atomic E-state index is 0.131. The van der Waals surface area contributed by atoms with Gasteiger partial charge in [-0.3, -0.25) is 0 Å². The van der Waals surface area contributed by atoms with Gasteiger partial charge in [-0.2, -0.15) is 8.42 Å². The van der Waals surface area contributed by atoms with E-state index in [-0.39, 0.29) is 10.9 Å². The largest absolute Gasteiger partial charge is 0.370 e. The van der Waals surface area contributed by atoms with Gasteiger partial charge in [0.25, 0.3) is 0 Å². The average molecular weight is 226 g/mol. The van der Waals surface area contributed by atoms with Crippen LogP contribution < -0.4 is 0 Å². The summed E-state index contributed by atoms with van der Waals surface area (Å²) in [5, 5.41) is 2.32. The van der Waals surface area contributed by atoms with Crippen molar-refractivity contribution in [3.8, 4) is 0 Å². The molecule has 1 fully saturated rings. The van der Waals surface area contributed by atoms with Gasteiger partial charge in [0.15, 0.2) is 0 Å². The minimum Gasteiger partial charge on any atom is -0.340 e. The zero-order chi connectivity index (χ0) is 9.64. The van der Waals surface area contributed by atoms with Crippen molar-refractivity contribution in [2.75, 3.05) is 0 Å². The molecule has 1 saturated carbocycles. The Kier molecular flexibility index (Phi) is 1.85. The number of hydrogen-bond donors (Lipinski definition) is 0. The smallest absolute Gasteiger partial charge is 0.340 e. The second-order valence-corrected chi connectivity index (χ2v) is 4.51. The Morgan fingerprint density at radius 2 is 2.15 bits per heavy atom. The molecule has 1 aliphatic rings. The van der Waals surface area contributed by atoms with Crippen LogP contribution in [0.1, 0.15) is 24.5 Å². The van der Waals surface area contributed by atoms with Crippen LogP contribution in [0.25, 0.3) is 0 Å². The van der Waals surface area contributed by atoms with Crippen LogP contribution in [0.4, 0.5) is 3.89 Å². The predicted molar refractivity (Wildman–Crippen MR) is 41.8 cm³/mol. The lowest BCUT2D eigenvalue weighted by Gasteiger charge is -1.87. The highest BCUT2D eigenvalue weighted by Crippen LogP contribution is 2.44. The standard InChI is InChI=1S/C6H5ClFNO3S/c7-4-5(3-1-2-3)9-12-6(4)13(8,10)11/h3H,1-2H2. The van der Waals surface area contributed by atoms with Crippen LogP contribution in [-0.4, -0.2) is 13.6 Å². The zero-order valence-corrected chi connectivity index (χ0v) is 7.90. The highest BCUT2D eigenvalue weighted by atomic mass is 35.5. The van der Waals surface area contributed by atoms with E-state index in [0.717, 1.165) is 12.8 Å². The fraction of sp³-hybridized carbons (Fsp3) is 0.500. The number of nitrogens with zero attached hydrogens (tertiary/aromatic N) is 1. The summed E-state index contributed by atoms with van der Waals surface area (Å²) in [5.41, 5.74) is 0.345. The maximum Gasteiger partial charge on any atom is 0.370 e. The van der Waals surface area contributed by atoms with E-state index in [1.807, 2.05) is 0 Å². The molecule has 1 heterocycles. The highest BCUT2D eigenvalue weighted by Gasteiger charge is 2.34. The summed E-state index contributed by atoms with van der Waals surface area (Å²) >= 11 is 5.57. The molecule has 0 radical (unpaired) electrons. The highest BCUT2D eigenvalue weighted by molar-refractivity contribution is 7.86. The molecule has 0 N–H and O–H groups in total. The Morgan fingerprint density at radius 1 is 1.54 bits per heavy atom. The van der Waals surface area contributed by atoms with Gasteiger partial charge in [-0.05, 0) is 12.8 Å². The van der Waals surface area contributed by atoms with Crippen molar-refractivity contribution in [3.63, 3.8) is 0 Å². The SMILES string of the molecule is O=S(=O)(F)c1onc(C2CC2)c1Cl. The summed E-state index contributed by atoms with van der Waals surface area (Å²) in [7, 11) is -4.88. The Labute approximate surface area is 78.9 Å². The topological polar surface area (TPSA) is 60.2 Å². The van der Waals surface area contributed by atoms with Crippen LogP contribution in [0.5, 0.6) is 0 Å². The molecule has 13 heavy (non-hydrogen) atoms. The molecule has 72 valence electrons. The maximum atomic E-state index is 12.4. The van der Waals surface area contributed by atoms with Gasteiger partial charge in [0.05, 0.1) is 0 Å². The molecule has 0 aliphatic heterocycles. The van der Waals surface area contributed by atoms with Crippen molar-refractivity contribution in [1.82, 2.24) is 5.16 Å². The van der Waals surface area contributed by atoms with Gasteiger partial charge in [-0.1, -0.05) is 20.6 Å². The molecule has 2 rings (SSSR count). The van der Waals surface area contributed by atoms with Gasteiger partial charge in [-0.25, -0.2) is 0 Å². The summed E-state index contributed by atoms with van der Waals surface area (Å²) in [6, 6.07) is 0. The molecule has 0 amide bonds. The minimum atomic E-state index is -4.88. The molecular weight excluding hydrogens is 221 g/mol. The summed E-state index contributed by atoms with van der Waals surface area (Å²) in [5.74, 6) is 0.131. The number of hydrogen-bond acceptors (Lipinski definition) is 4. The first kappa shape index (κ1) is 8.96. The molecule has 1 aliphatic carbocycles. The van der Waals surface area contributed by atoms with Gasteiger partial charge in [-0.15, -0.1) is 0 Å². The van der Waals surface area contributed by atoms with Crippen molar-refractivity contribution < 1.29 is 16.8 Å². The summed E-state index contributed by atoms with van der Waals surface area (Å²) in [6.07, 6.45) is 1.77. The summed E-state index contributed by atoms with van der Waals surface area (Å²) in [6.45, 7) is 0. The van der Waals surface area contributed by atoms with E-state index in [1.54, 1.807) is 0 Å². The van der Waals surface area contributed by atoms with Gasteiger partial charge < -0.3 is 4.52 Å². The third kappa shape index (κ3) is 1.55. The molecule has 0 saturated heterocycles. The first-order valence-electron chi connectivity index (χ1n) is 3.60. The molecule has 1 aromatic heterocycles. The van der Waals surface area contributed by atoms with Crippen LogP contribution in [0, 0.1) is 0 Å². The first-order valence-corrected chi connectivity index (χ1v) is 5.36. The Hall–Kier alpha value is -0.620. The van der Waals surface area contributed by atoms with E-state index in [9.17, 15) is 12.3 Å². The van der Waals surface area contributed by atoms with E-state index < -0.39 is 15.3 Å². The van der Waals surface area contributed by atoms with Crippen molar-refractivity contribution >= 4 is 21.8 Å². The zero-order valence-electron chi connectivity index (χ0n) is 6.33. The third-order valence-corrected chi connectivity index (χ3v) is 3.02. The lowest BCUT2D eigenvalue weighted by molar-refractivity contribution is 0.329. The van der Waals surface area contributed by atoms with Crippen molar-refractivity contribution in [2.45, 2.75) is 23.9 Å². The molecular formula is C6H5ClFNO3S. The van der Waals surface area contributed by atoms with E-state index in [0.29, 0.717) is 5.69 Å². The average Bonchev–Trinajstić information content (AvgIpc) is 2.73. The van der Waals surface area contributed by atoms with Crippen LogP contribution >= 0.6 is 11.6 Å². The van der Waals surface area contributed by atoms with Gasteiger partial charge in [0.1, 0.15) is 10.7 Å². The normalized spacial score (nSPS) is 17.7. The Balaban J connectivity index is 2.50. The lowest BCUT2D eigenvalue weighted by Crippen LogP contribution is -1.89. The molecule has 0 spiro atoms. The fourth-order valence-electron chi connectivity index (χ4n) is 1.04. The van der Waals surface area contributed by atoms with Crippen molar-refractivity contribution in [2.24, 2.45) is 0 Å². The van der Waals surface area contributed by atoms with Gasteiger partial charge >= 0.3 is 15.3 Å². The van der Waals surface area contributed by atoms with Crippen LogP contribution in [0.15, 0.2) is 9.62 Å². The second-order valence-electron chi connectivity index (χ2n) is 2.88. The summed E-state index contributed by atoms with van der Waals surface area (Å²) in [4.78, 5) is 0. The molecule has 1 aromatic rings. The maximum absolute atomic E-state index is 12.4. The number of halogens is 2. The predicted octanol–water partition coefficient (Wildman–Crippen LogP) is 1.86. The van der Waals surface area contributed by atoms with Crippen molar-refractivity contribution in [3.05, 3.63) is 10.7 Å². The van der Waals surface area contributed by atoms with Crippen LogP contribution in [0.3, 0.4) is 0 Å². The summed E-state index contributed by atoms with van der Waals surface area (Å²) < 4.78 is 37.6.